The maximum absolute atomic E-state index is 5.97. The molecule has 6 nitrogen and oxygen atoms in total. The molecule has 2 rings (SSSR count). The van der Waals surface area contributed by atoms with Gasteiger partial charge in [0.2, 0.25) is 17.2 Å². The molecule has 2 aromatic heterocycles. The van der Waals surface area contributed by atoms with Crippen LogP contribution < -0.4 is 5.32 Å². The van der Waals surface area contributed by atoms with Crippen LogP contribution in [0.15, 0.2) is 18.7 Å². The van der Waals surface area contributed by atoms with Crippen molar-refractivity contribution in [3.05, 3.63) is 24.0 Å². The minimum Gasteiger partial charge on any atom is -0.354 e. The molecule has 2 aromatic rings. The summed E-state index contributed by atoms with van der Waals surface area (Å²) in [5.41, 5.74) is 0. The van der Waals surface area contributed by atoms with Gasteiger partial charge >= 0.3 is 0 Å². The molecule has 2 heterocycles. The van der Waals surface area contributed by atoms with Crippen LogP contribution in [0.4, 0.5) is 5.95 Å². The molecule has 7 heteroatoms. The van der Waals surface area contributed by atoms with Gasteiger partial charge in [0, 0.05) is 18.9 Å². The Morgan fingerprint density at radius 3 is 2.43 bits per heavy atom. The third-order valence-electron chi connectivity index (χ3n) is 3.54. The fourth-order valence-electron chi connectivity index (χ4n) is 2.36. The van der Waals surface area contributed by atoms with E-state index in [9.17, 15) is 0 Å². The summed E-state index contributed by atoms with van der Waals surface area (Å²) in [7, 11) is 0. The Morgan fingerprint density at radius 2 is 1.86 bits per heavy atom. The summed E-state index contributed by atoms with van der Waals surface area (Å²) in [4.78, 5) is 16.6. The highest BCUT2D eigenvalue weighted by Crippen LogP contribution is 2.21. The first-order valence-corrected chi connectivity index (χ1v) is 7.49. The van der Waals surface area contributed by atoms with E-state index in [4.69, 9.17) is 11.6 Å². The molecule has 0 aliphatic heterocycles. The van der Waals surface area contributed by atoms with E-state index in [1.54, 1.807) is 23.3 Å². The summed E-state index contributed by atoms with van der Waals surface area (Å²) in [5.74, 6) is 2.66. The van der Waals surface area contributed by atoms with Crippen LogP contribution in [0.5, 0.6) is 0 Å². The Hall–Kier alpha value is -1.69. The van der Waals surface area contributed by atoms with E-state index >= 15 is 0 Å². The zero-order valence-electron chi connectivity index (χ0n) is 12.8. The van der Waals surface area contributed by atoms with Crippen LogP contribution in [0.25, 0.3) is 5.95 Å². The number of aromatic nitrogens is 5. The highest BCUT2D eigenvalue weighted by molar-refractivity contribution is 6.28. The minimum atomic E-state index is 0.168. The van der Waals surface area contributed by atoms with E-state index < -0.39 is 0 Å². The lowest BCUT2D eigenvalue weighted by atomic mass is 9.85. The first-order valence-electron chi connectivity index (χ1n) is 7.11. The average molecular weight is 309 g/mol. The number of anilines is 1. The summed E-state index contributed by atoms with van der Waals surface area (Å²) < 4.78 is 1.70. The van der Waals surface area contributed by atoms with Gasteiger partial charge < -0.3 is 5.32 Å². The van der Waals surface area contributed by atoms with Crippen LogP contribution in [0.2, 0.25) is 5.28 Å². The molecule has 0 amide bonds. The molecule has 114 valence electrons. The Balaban J connectivity index is 2.13. The first kappa shape index (κ1) is 15.7. The Bertz CT molecular complexity index is 559. The Kier molecular flexibility index (Phi) is 5.12. The average Bonchev–Trinajstić information content (AvgIpc) is 2.91. The van der Waals surface area contributed by atoms with Crippen molar-refractivity contribution in [1.82, 2.24) is 24.5 Å². The summed E-state index contributed by atoms with van der Waals surface area (Å²) >= 11 is 5.97. The zero-order valence-corrected chi connectivity index (χ0v) is 13.5. The van der Waals surface area contributed by atoms with Crippen molar-refractivity contribution >= 4 is 17.5 Å². The lowest BCUT2D eigenvalue weighted by Gasteiger charge is -2.25. The van der Waals surface area contributed by atoms with Gasteiger partial charge in [-0.25, -0.2) is 4.98 Å². The molecule has 0 unspecified atom stereocenters. The van der Waals surface area contributed by atoms with Crippen LogP contribution in [-0.2, 0) is 0 Å². The largest absolute Gasteiger partial charge is 0.354 e. The lowest BCUT2D eigenvalue weighted by molar-refractivity contribution is 0.304. The first-order chi connectivity index (χ1) is 9.97. The van der Waals surface area contributed by atoms with Crippen molar-refractivity contribution in [3.63, 3.8) is 0 Å². The highest BCUT2D eigenvalue weighted by atomic mass is 35.5. The van der Waals surface area contributed by atoms with Crippen LogP contribution >= 0.6 is 11.6 Å². The third-order valence-corrected chi connectivity index (χ3v) is 3.71. The van der Waals surface area contributed by atoms with E-state index in [-0.39, 0.29) is 5.28 Å². The van der Waals surface area contributed by atoms with Gasteiger partial charge in [0.25, 0.3) is 0 Å². The lowest BCUT2D eigenvalue weighted by Crippen LogP contribution is -2.25. The van der Waals surface area contributed by atoms with Gasteiger partial charge in [-0.1, -0.05) is 27.7 Å². The second-order valence-electron chi connectivity index (χ2n) is 5.73. The number of halogens is 1. The van der Waals surface area contributed by atoms with E-state index in [0.717, 1.165) is 6.54 Å². The molecule has 0 aliphatic carbocycles. The van der Waals surface area contributed by atoms with E-state index in [1.807, 2.05) is 0 Å². The minimum absolute atomic E-state index is 0.168. The standard InChI is InChI=1S/C14H21ClN6/c1-9(2)11(10(3)4)7-17-13-18-12(15)19-14(20-13)21-6-5-16-8-21/h5-6,8-11H,7H2,1-4H3,(H,17,18,19,20). The van der Waals surface area contributed by atoms with Crippen molar-refractivity contribution in [2.45, 2.75) is 27.7 Å². The normalized spacial score (nSPS) is 11.6. The van der Waals surface area contributed by atoms with Gasteiger partial charge in [-0.3, -0.25) is 4.57 Å². The SMILES string of the molecule is CC(C)C(CNc1nc(Cl)nc(-n2ccnc2)n1)C(C)C. The van der Waals surface area contributed by atoms with Gasteiger partial charge in [0.1, 0.15) is 6.33 Å². The summed E-state index contributed by atoms with van der Waals surface area (Å²) in [5, 5.41) is 3.44. The molecule has 0 fully saturated rings. The molecule has 0 aliphatic rings. The summed E-state index contributed by atoms with van der Waals surface area (Å²) in [6, 6.07) is 0. The fraction of sp³-hybridized carbons (Fsp3) is 0.571. The fourth-order valence-corrected chi connectivity index (χ4v) is 2.52. The number of nitrogens with zero attached hydrogens (tertiary/aromatic N) is 5. The predicted molar refractivity (Wildman–Crippen MR) is 83.6 cm³/mol. The van der Waals surface area contributed by atoms with Crippen LogP contribution in [-0.4, -0.2) is 31.0 Å². The molecule has 0 radical (unpaired) electrons. The molecule has 0 saturated heterocycles. The maximum Gasteiger partial charge on any atom is 0.241 e. The molecule has 0 atom stereocenters. The second kappa shape index (κ2) is 6.85. The molecule has 0 aromatic carbocycles. The van der Waals surface area contributed by atoms with Gasteiger partial charge in [0.15, 0.2) is 0 Å². The quantitative estimate of drug-likeness (QED) is 0.888. The van der Waals surface area contributed by atoms with Crippen molar-refractivity contribution in [2.24, 2.45) is 17.8 Å². The van der Waals surface area contributed by atoms with Crippen molar-refractivity contribution in [2.75, 3.05) is 11.9 Å². The van der Waals surface area contributed by atoms with E-state index in [2.05, 4.69) is 52.9 Å². The molecule has 21 heavy (non-hydrogen) atoms. The Labute approximate surface area is 130 Å². The van der Waals surface area contributed by atoms with Crippen molar-refractivity contribution in [3.8, 4) is 5.95 Å². The smallest absolute Gasteiger partial charge is 0.241 e. The van der Waals surface area contributed by atoms with Crippen molar-refractivity contribution in [1.29, 1.82) is 0 Å². The van der Waals surface area contributed by atoms with Crippen LogP contribution in [0, 0.1) is 17.8 Å². The monoisotopic (exact) mass is 308 g/mol. The maximum atomic E-state index is 5.97. The van der Waals surface area contributed by atoms with E-state index in [1.165, 1.54) is 0 Å². The zero-order chi connectivity index (χ0) is 15.4. The van der Waals surface area contributed by atoms with Gasteiger partial charge in [-0.2, -0.15) is 15.0 Å². The number of nitrogens with one attached hydrogen (secondary N) is 1. The molecule has 1 N–H and O–H groups in total. The molecule has 0 bridgehead atoms. The second-order valence-corrected chi connectivity index (χ2v) is 6.07. The Morgan fingerprint density at radius 1 is 1.14 bits per heavy atom. The van der Waals surface area contributed by atoms with Gasteiger partial charge in [-0.15, -0.1) is 0 Å². The van der Waals surface area contributed by atoms with E-state index in [0.29, 0.717) is 29.7 Å². The number of imidazole rings is 1. The summed E-state index contributed by atoms with van der Waals surface area (Å²) in [6.07, 6.45) is 5.05. The third kappa shape index (κ3) is 4.14. The topological polar surface area (TPSA) is 68.5 Å². The van der Waals surface area contributed by atoms with Gasteiger partial charge in [-0.05, 0) is 29.4 Å². The number of hydrogen-bond donors (Lipinski definition) is 1. The molecule has 0 saturated carbocycles. The van der Waals surface area contributed by atoms with Crippen LogP contribution in [0.3, 0.4) is 0 Å². The number of rotatable bonds is 6. The predicted octanol–water partition coefficient (Wildman–Crippen LogP) is 3.05. The molecular weight excluding hydrogens is 288 g/mol. The number of hydrogen-bond acceptors (Lipinski definition) is 5. The molecule has 0 spiro atoms. The van der Waals surface area contributed by atoms with Crippen molar-refractivity contribution < 1.29 is 0 Å². The van der Waals surface area contributed by atoms with Crippen LogP contribution in [0.1, 0.15) is 27.7 Å². The highest BCUT2D eigenvalue weighted by Gasteiger charge is 2.18. The van der Waals surface area contributed by atoms with Gasteiger partial charge in [0.05, 0.1) is 0 Å². The molecular formula is C14H21ClN6. The summed E-state index contributed by atoms with van der Waals surface area (Å²) in [6.45, 7) is 9.71.